The Morgan fingerprint density at radius 3 is 1.73 bits per heavy atom. The standard InChI is InChI=1S/C36H35ClN4O3/c37-29-17-15-26(16-18-29)25-38-34(42)32(19-20-41-35(43)30-13-7-8-14-31(30)36(41)44)39-21-23-40(24-22-39)33(27-9-3-1-4-10-27)28-11-5-2-6-12-28/h1-18,32-33H,19-25H2,(H,38,42). The van der Waals surface area contributed by atoms with E-state index in [0.29, 0.717) is 42.2 Å². The lowest BCUT2D eigenvalue weighted by Gasteiger charge is -2.42. The summed E-state index contributed by atoms with van der Waals surface area (Å²) in [5.41, 5.74) is 4.25. The molecule has 2 aliphatic rings. The molecule has 0 aliphatic carbocycles. The lowest BCUT2D eigenvalue weighted by molar-refractivity contribution is -0.127. The maximum absolute atomic E-state index is 13.7. The lowest BCUT2D eigenvalue weighted by atomic mass is 9.96. The number of halogens is 1. The highest BCUT2D eigenvalue weighted by molar-refractivity contribution is 6.30. The van der Waals surface area contributed by atoms with Gasteiger partial charge in [-0.05, 0) is 47.4 Å². The second kappa shape index (κ2) is 13.6. The van der Waals surface area contributed by atoms with Crippen molar-refractivity contribution in [2.75, 3.05) is 32.7 Å². The first kappa shape index (κ1) is 29.8. The molecule has 0 saturated carbocycles. The van der Waals surface area contributed by atoms with Crippen molar-refractivity contribution in [1.29, 1.82) is 0 Å². The molecule has 0 aromatic heterocycles. The fourth-order valence-electron chi connectivity index (χ4n) is 6.27. The molecule has 7 nitrogen and oxygen atoms in total. The average molecular weight is 607 g/mol. The molecule has 2 aliphatic heterocycles. The van der Waals surface area contributed by atoms with Gasteiger partial charge in [0.15, 0.2) is 0 Å². The highest BCUT2D eigenvalue weighted by atomic mass is 35.5. The van der Waals surface area contributed by atoms with Gasteiger partial charge in [0.05, 0.1) is 23.2 Å². The van der Waals surface area contributed by atoms with E-state index in [1.807, 2.05) is 24.3 Å². The van der Waals surface area contributed by atoms with Crippen LogP contribution in [0.3, 0.4) is 0 Å². The summed E-state index contributed by atoms with van der Waals surface area (Å²) < 4.78 is 0. The van der Waals surface area contributed by atoms with Gasteiger partial charge >= 0.3 is 0 Å². The van der Waals surface area contributed by atoms with Gasteiger partial charge < -0.3 is 5.32 Å². The smallest absolute Gasteiger partial charge is 0.261 e. The van der Waals surface area contributed by atoms with Gasteiger partial charge in [0.2, 0.25) is 5.91 Å². The zero-order valence-electron chi connectivity index (χ0n) is 24.4. The maximum atomic E-state index is 13.7. The first-order valence-electron chi connectivity index (χ1n) is 15.0. The van der Waals surface area contributed by atoms with Crippen LogP contribution in [-0.2, 0) is 11.3 Å². The summed E-state index contributed by atoms with van der Waals surface area (Å²) in [7, 11) is 0. The number of nitrogens with zero attached hydrogens (tertiary/aromatic N) is 3. The van der Waals surface area contributed by atoms with Crippen molar-refractivity contribution in [2.45, 2.75) is 25.0 Å². The first-order valence-corrected chi connectivity index (χ1v) is 15.4. The number of hydrogen-bond acceptors (Lipinski definition) is 5. The van der Waals surface area contributed by atoms with Gasteiger partial charge in [0, 0.05) is 44.3 Å². The second-order valence-corrected chi connectivity index (χ2v) is 11.7. The molecular weight excluding hydrogens is 572 g/mol. The van der Waals surface area contributed by atoms with E-state index >= 15 is 0 Å². The Morgan fingerprint density at radius 1 is 0.682 bits per heavy atom. The molecule has 6 rings (SSSR count). The van der Waals surface area contributed by atoms with Crippen LogP contribution in [0.25, 0.3) is 0 Å². The van der Waals surface area contributed by atoms with Crippen LogP contribution >= 0.6 is 11.6 Å². The molecule has 1 fully saturated rings. The minimum Gasteiger partial charge on any atom is -0.351 e. The molecule has 0 bridgehead atoms. The largest absolute Gasteiger partial charge is 0.351 e. The van der Waals surface area contributed by atoms with Crippen molar-refractivity contribution < 1.29 is 14.4 Å². The average Bonchev–Trinajstić information content (AvgIpc) is 3.31. The van der Waals surface area contributed by atoms with E-state index in [0.717, 1.165) is 18.7 Å². The summed E-state index contributed by atoms with van der Waals surface area (Å²) in [5, 5.41) is 3.73. The molecule has 4 aromatic rings. The first-order chi connectivity index (χ1) is 21.5. The van der Waals surface area contributed by atoms with Gasteiger partial charge in [0.1, 0.15) is 0 Å². The third kappa shape index (κ3) is 6.45. The van der Waals surface area contributed by atoms with Crippen molar-refractivity contribution in [2.24, 2.45) is 0 Å². The molecular formula is C36H35ClN4O3. The van der Waals surface area contributed by atoms with Crippen LogP contribution in [-0.4, -0.2) is 71.2 Å². The predicted octanol–water partition coefficient (Wildman–Crippen LogP) is 5.42. The van der Waals surface area contributed by atoms with E-state index < -0.39 is 6.04 Å². The summed E-state index contributed by atoms with van der Waals surface area (Å²) in [6.07, 6.45) is 0.346. The number of rotatable bonds is 10. The number of piperazine rings is 1. The van der Waals surface area contributed by atoms with E-state index in [9.17, 15) is 14.4 Å². The summed E-state index contributed by atoms with van der Waals surface area (Å²) in [6.45, 7) is 3.42. The predicted molar refractivity (Wildman–Crippen MR) is 171 cm³/mol. The van der Waals surface area contributed by atoms with E-state index in [-0.39, 0.29) is 30.3 Å². The van der Waals surface area contributed by atoms with Crippen molar-refractivity contribution in [3.63, 3.8) is 0 Å². The van der Waals surface area contributed by atoms with E-state index in [1.165, 1.54) is 16.0 Å². The van der Waals surface area contributed by atoms with Crippen LogP contribution in [0.5, 0.6) is 0 Å². The molecule has 0 radical (unpaired) electrons. The Balaban J connectivity index is 1.18. The zero-order valence-corrected chi connectivity index (χ0v) is 25.2. The zero-order chi connectivity index (χ0) is 30.5. The SMILES string of the molecule is O=C(NCc1ccc(Cl)cc1)C(CCN1C(=O)c2ccccc2C1=O)N1CCN(C(c2ccccc2)c2ccccc2)CC1. The third-order valence-corrected chi connectivity index (χ3v) is 8.82. The van der Waals surface area contributed by atoms with Crippen LogP contribution in [0.4, 0.5) is 0 Å². The molecule has 3 amide bonds. The van der Waals surface area contributed by atoms with Gasteiger partial charge in [-0.2, -0.15) is 0 Å². The monoisotopic (exact) mass is 606 g/mol. The van der Waals surface area contributed by atoms with Gasteiger partial charge in [-0.3, -0.25) is 29.1 Å². The Morgan fingerprint density at radius 2 is 1.18 bits per heavy atom. The number of benzene rings is 4. The van der Waals surface area contributed by atoms with Gasteiger partial charge in [-0.1, -0.05) is 96.5 Å². The third-order valence-electron chi connectivity index (χ3n) is 8.57. The number of amides is 3. The molecule has 224 valence electrons. The van der Waals surface area contributed by atoms with Crippen LogP contribution < -0.4 is 5.32 Å². The highest BCUT2D eigenvalue weighted by Crippen LogP contribution is 2.30. The number of imide groups is 1. The molecule has 4 aromatic carbocycles. The quantitative estimate of drug-likeness (QED) is 0.244. The Bertz CT molecular complexity index is 1530. The molecule has 0 spiro atoms. The number of hydrogen-bond donors (Lipinski definition) is 1. The van der Waals surface area contributed by atoms with Gasteiger partial charge in [0.25, 0.3) is 11.8 Å². The molecule has 1 saturated heterocycles. The van der Waals surface area contributed by atoms with E-state index in [1.54, 1.807) is 36.4 Å². The second-order valence-electron chi connectivity index (χ2n) is 11.3. The van der Waals surface area contributed by atoms with Crippen LogP contribution in [0.15, 0.2) is 109 Å². The molecule has 1 atom stereocenters. The summed E-state index contributed by atoms with van der Waals surface area (Å²) in [5.74, 6) is -0.721. The number of carbonyl (C=O) groups excluding carboxylic acids is 3. The lowest BCUT2D eigenvalue weighted by Crippen LogP contribution is -2.56. The molecule has 8 heteroatoms. The van der Waals surface area contributed by atoms with Gasteiger partial charge in [-0.25, -0.2) is 0 Å². The molecule has 1 unspecified atom stereocenters. The molecule has 2 heterocycles. The fourth-order valence-corrected chi connectivity index (χ4v) is 6.40. The van der Waals surface area contributed by atoms with Crippen molar-refractivity contribution in [1.82, 2.24) is 20.0 Å². The topological polar surface area (TPSA) is 73.0 Å². The van der Waals surface area contributed by atoms with Crippen molar-refractivity contribution in [3.8, 4) is 0 Å². The van der Waals surface area contributed by atoms with Crippen molar-refractivity contribution in [3.05, 3.63) is 142 Å². The summed E-state index contributed by atoms with van der Waals surface area (Å²) in [6, 6.07) is 34.9. The number of nitrogens with one attached hydrogen (secondary N) is 1. The van der Waals surface area contributed by atoms with E-state index in [4.69, 9.17) is 11.6 Å². The molecule has 44 heavy (non-hydrogen) atoms. The fraction of sp³-hybridized carbons (Fsp3) is 0.250. The number of fused-ring (bicyclic) bond motifs is 1. The van der Waals surface area contributed by atoms with E-state index in [2.05, 4.69) is 63.6 Å². The maximum Gasteiger partial charge on any atom is 0.261 e. The van der Waals surface area contributed by atoms with Crippen LogP contribution in [0.2, 0.25) is 5.02 Å². The summed E-state index contributed by atoms with van der Waals surface area (Å²) >= 11 is 6.04. The number of carbonyl (C=O) groups is 3. The van der Waals surface area contributed by atoms with Gasteiger partial charge in [-0.15, -0.1) is 0 Å². The van der Waals surface area contributed by atoms with Crippen LogP contribution in [0.1, 0.15) is 49.9 Å². The Kier molecular flexibility index (Phi) is 9.17. The highest BCUT2D eigenvalue weighted by Gasteiger charge is 2.37. The Labute approximate surface area is 263 Å². The minimum atomic E-state index is -0.499. The molecule has 1 N–H and O–H groups in total. The normalized spacial score (nSPS) is 16.3. The minimum absolute atomic E-state index is 0.107. The van der Waals surface area contributed by atoms with Crippen molar-refractivity contribution >= 4 is 29.3 Å². The Hall–Kier alpha value is -4.30. The summed E-state index contributed by atoms with van der Waals surface area (Å²) in [4.78, 5) is 45.8. The van der Waals surface area contributed by atoms with Crippen LogP contribution in [0, 0.1) is 0 Å².